The van der Waals surface area contributed by atoms with E-state index in [1.807, 2.05) is 0 Å². The molecule has 0 amide bonds. The maximum Gasteiger partial charge on any atom is 0.0252 e. The van der Waals surface area contributed by atoms with E-state index in [0.717, 1.165) is 18.5 Å². The number of nitrogens with one attached hydrogen (secondary N) is 1. The Hall–Kier alpha value is -0.0800. The van der Waals surface area contributed by atoms with E-state index in [1.165, 1.54) is 51.6 Å². The molecule has 1 saturated heterocycles. The topological polar surface area (TPSA) is 15.3 Å². The van der Waals surface area contributed by atoms with Gasteiger partial charge in [0.15, 0.2) is 0 Å². The first kappa shape index (κ1) is 13.4. The van der Waals surface area contributed by atoms with Crippen molar-refractivity contribution in [2.75, 3.05) is 19.6 Å². The largest absolute Gasteiger partial charge is 0.309 e. The molecule has 1 saturated carbocycles. The van der Waals surface area contributed by atoms with Crippen molar-refractivity contribution in [1.82, 2.24) is 10.2 Å². The lowest BCUT2D eigenvalue weighted by molar-refractivity contribution is 0.0615. The van der Waals surface area contributed by atoms with E-state index >= 15 is 0 Å². The molecule has 1 aliphatic carbocycles. The Morgan fingerprint density at radius 3 is 2.53 bits per heavy atom. The highest BCUT2D eigenvalue weighted by Gasteiger charge is 2.33. The molecule has 0 radical (unpaired) electrons. The Morgan fingerprint density at radius 1 is 1.24 bits per heavy atom. The van der Waals surface area contributed by atoms with Crippen LogP contribution in [0.15, 0.2) is 0 Å². The maximum absolute atomic E-state index is 3.63. The molecule has 0 aromatic heterocycles. The summed E-state index contributed by atoms with van der Waals surface area (Å²) in [4.78, 5) is 2.77. The Morgan fingerprint density at radius 2 is 1.94 bits per heavy atom. The lowest BCUT2D eigenvalue weighted by Gasteiger charge is -2.46. The molecule has 1 aliphatic heterocycles. The minimum absolute atomic E-state index is 0.306. The molecule has 100 valence electrons. The Kier molecular flexibility index (Phi) is 4.48. The summed E-state index contributed by atoms with van der Waals surface area (Å²) in [6.07, 6.45) is 8.69. The van der Waals surface area contributed by atoms with Crippen LogP contribution in [0.25, 0.3) is 0 Å². The van der Waals surface area contributed by atoms with Crippen LogP contribution >= 0.6 is 0 Å². The fourth-order valence-electron chi connectivity index (χ4n) is 3.87. The molecule has 1 heterocycles. The number of piperazine rings is 1. The van der Waals surface area contributed by atoms with E-state index in [1.54, 1.807) is 0 Å². The van der Waals surface area contributed by atoms with Crippen LogP contribution in [0, 0.1) is 5.92 Å². The van der Waals surface area contributed by atoms with Gasteiger partial charge >= 0.3 is 0 Å². The van der Waals surface area contributed by atoms with Crippen LogP contribution < -0.4 is 5.32 Å². The van der Waals surface area contributed by atoms with Gasteiger partial charge in [0.1, 0.15) is 0 Å². The summed E-state index contributed by atoms with van der Waals surface area (Å²) >= 11 is 0. The van der Waals surface area contributed by atoms with Gasteiger partial charge in [0, 0.05) is 31.2 Å². The van der Waals surface area contributed by atoms with Gasteiger partial charge in [-0.2, -0.15) is 0 Å². The molecule has 0 aromatic carbocycles. The first-order valence-electron chi connectivity index (χ1n) is 7.61. The van der Waals surface area contributed by atoms with Gasteiger partial charge in [0.2, 0.25) is 0 Å². The SMILES string of the molecule is CCC(C1CCCCC1)N1CCNC(C)(C)C1. The van der Waals surface area contributed by atoms with E-state index in [4.69, 9.17) is 0 Å². The van der Waals surface area contributed by atoms with Gasteiger partial charge in [-0.3, -0.25) is 4.90 Å². The molecule has 1 atom stereocenters. The van der Waals surface area contributed by atoms with E-state index in [9.17, 15) is 0 Å². The van der Waals surface area contributed by atoms with Crippen molar-refractivity contribution >= 4 is 0 Å². The molecular weight excluding hydrogens is 208 g/mol. The van der Waals surface area contributed by atoms with Crippen molar-refractivity contribution in [2.24, 2.45) is 5.92 Å². The average molecular weight is 238 g/mol. The molecule has 1 unspecified atom stereocenters. The second kappa shape index (κ2) is 5.71. The Bertz CT molecular complexity index is 231. The molecule has 2 heteroatoms. The highest BCUT2D eigenvalue weighted by molar-refractivity contribution is 4.91. The van der Waals surface area contributed by atoms with Crippen LogP contribution in [0.2, 0.25) is 0 Å². The van der Waals surface area contributed by atoms with Gasteiger partial charge < -0.3 is 5.32 Å². The van der Waals surface area contributed by atoms with Crippen molar-refractivity contribution in [1.29, 1.82) is 0 Å². The van der Waals surface area contributed by atoms with Gasteiger partial charge in [0.25, 0.3) is 0 Å². The normalized spacial score (nSPS) is 29.1. The number of hydrogen-bond acceptors (Lipinski definition) is 2. The Balaban J connectivity index is 1.96. The highest BCUT2D eigenvalue weighted by Crippen LogP contribution is 2.31. The molecule has 0 bridgehead atoms. The zero-order valence-corrected chi connectivity index (χ0v) is 12.0. The van der Waals surface area contributed by atoms with Gasteiger partial charge in [-0.15, -0.1) is 0 Å². The summed E-state index contributed by atoms with van der Waals surface area (Å²) in [6.45, 7) is 10.7. The summed E-state index contributed by atoms with van der Waals surface area (Å²) in [5, 5.41) is 3.63. The molecule has 0 aromatic rings. The molecule has 2 fully saturated rings. The van der Waals surface area contributed by atoms with Crippen LogP contribution in [0.4, 0.5) is 0 Å². The van der Waals surface area contributed by atoms with Crippen molar-refractivity contribution in [2.45, 2.75) is 70.9 Å². The number of nitrogens with zero attached hydrogens (tertiary/aromatic N) is 1. The third-order valence-corrected chi connectivity index (χ3v) is 4.68. The first-order valence-corrected chi connectivity index (χ1v) is 7.61. The minimum atomic E-state index is 0.306. The van der Waals surface area contributed by atoms with Gasteiger partial charge in [-0.1, -0.05) is 26.2 Å². The number of hydrogen-bond donors (Lipinski definition) is 1. The van der Waals surface area contributed by atoms with Crippen LogP contribution in [-0.4, -0.2) is 36.1 Å². The summed E-state index contributed by atoms with van der Waals surface area (Å²) in [5.74, 6) is 0.975. The van der Waals surface area contributed by atoms with Gasteiger partial charge in [-0.05, 0) is 39.0 Å². The third-order valence-electron chi connectivity index (χ3n) is 4.68. The zero-order valence-electron chi connectivity index (χ0n) is 12.0. The molecule has 2 aliphatic rings. The van der Waals surface area contributed by atoms with E-state index in [2.05, 4.69) is 31.0 Å². The smallest absolute Gasteiger partial charge is 0.0252 e. The standard InChI is InChI=1S/C15H30N2/c1-4-14(13-8-6-5-7-9-13)17-11-10-16-15(2,3)12-17/h13-14,16H,4-12H2,1-3H3. The van der Waals surface area contributed by atoms with Gasteiger partial charge in [0.05, 0.1) is 0 Å². The second-order valence-electron chi connectivity index (χ2n) is 6.65. The lowest BCUT2D eigenvalue weighted by atomic mass is 9.81. The van der Waals surface area contributed by atoms with Crippen molar-refractivity contribution in [3.8, 4) is 0 Å². The van der Waals surface area contributed by atoms with Crippen LogP contribution in [0.1, 0.15) is 59.3 Å². The summed E-state index contributed by atoms with van der Waals surface area (Å²) in [7, 11) is 0. The van der Waals surface area contributed by atoms with Crippen LogP contribution in [-0.2, 0) is 0 Å². The van der Waals surface area contributed by atoms with Crippen molar-refractivity contribution < 1.29 is 0 Å². The van der Waals surface area contributed by atoms with Crippen LogP contribution in [0.3, 0.4) is 0 Å². The Labute approximate surface area is 107 Å². The van der Waals surface area contributed by atoms with Crippen molar-refractivity contribution in [3.63, 3.8) is 0 Å². The van der Waals surface area contributed by atoms with Crippen LogP contribution in [0.5, 0.6) is 0 Å². The second-order valence-corrected chi connectivity index (χ2v) is 6.65. The number of rotatable bonds is 3. The predicted molar refractivity (Wildman–Crippen MR) is 74.3 cm³/mol. The summed E-state index contributed by atoms with van der Waals surface area (Å²) in [6, 6.07) is 0.844. The monoisotopic (exact) mass is 238 g/mol. The maximum atomic E-state index is 3.63. The average Bonchev–Trinajstić information content (AvgIpc) is 2.30. The fourth-order valence-corrected chi connectivity index (χ4v) is 3.87. The van der Waals surface area contributed by atoms with E-state index in [-0.39, 0.29) is 0 Å². The summed E-state index contributed by atoms with van der Waals surface area (Å²) < 4.78 is 0. The highest BCUT2D eigenvalue weighted by atomic mass is 15.2. The molecule has 1 N–H and O–H groups in total. The molecule has 2 nitrogen and oxygen atoms in total. The first-order chi connectivity index (χ1) is 8.12. The minimum Gasteiger partial charge on any atom is -0.309 e. The predicted octanol–water partition coefficient (Wildman–Crippen LogP) is 3.03. The van der Waals surface area contributed by atoms with Crippen molar-refractivity contribution in [3.05, 3.63) is 0 Å². The quantitative estimate of drug-likeness (QED) is 0.813. The molecule has 0 spiro atoms. The van der Waals surface area contributed by atoms with E-state index < -0.39 is 0 Å². The zero-order chi connectivity index (χ0) is 12.3. The van der Waals surface area contributed by atoms with Gasteiger partial charge in [-0.25, -0.2) is 0 Å². The fraction of sp³-hybridized carbons (Fsp3) is 1.00. The third kappa shape index (κ3) is 3.45. The lowest BCUT2D eigenvalue weighted by Crippen LogP contribution is -2.60. The summed E-state index contributed by atoms with van der Waals surface area (Å²) in [5.41, 5.74) is 0.306. The molecule has 17 heavy (non-hydrogen) atoms. The molecular formula is C15H30N2. The van der Waals surface area contributed by atoms with E-state index in [0.29, 0.717) is 5.54 Å². The molecule has 2 rings (SSSR count).